The number of aromatic nitrogens is 4. The number of hydrogen-bond acceptors (Lipinski definition) is 5. The summed E-state index contributed by atoms with van der Waals surface area (Å²) in [6.07, 6.45) is 9.66. The average molecular weight is 288 g/mol. The Hall–Kier alpha value is -1.53. The Kier molecular flexibility index (Phi) is 3.44. The second-order valence-corrected chi connectivity index (χ2v) is 5.64. The number of imidazole rings is 1. The Morgan fingerprint density at radius 1 is 1.16 bits per heavy atom. The lowest BCUT2D eigenvalue weighted by Gasteiger charge is -2.06. The largest absolute Gasteiger partial charge is 0.288 e. The van der Waals surface area contributed by atoms with Gasteiger partial charge in [0.05, 0.1) is 11.9 Å². The second kappa shape index (κ2) is 5.22. The fourth-order valence-electron chi connectivity index (χ4n) is 1.89. The van der Waals surface area contributed by atoms with Gasteiger partial charge in [0.2, 0.25) is 0 Å². The third-order valence-corrected chi connectivity index (χ3v) is 4.34. The topological polar surface area (TPSA) is 43.1 Å². The van der Waals surface area contributed by atoms with Crippen LogP contribution in [0.5, 0.6) is 0 Å². The van der Waals surface area contributed by atoms with Crippen LogP contribution in [-0.4, -0.2) is 32.1 Å². The Balaban J connectivity index is 2.15. The van der Waals surface area contributed by atoms with Gasteiger partial charge in [-0.25, -0.2) is 4.98 Å². The lowest BCUT2D eigenvalue weighted by atomic mass is 10.2. The van der Waals surface area contributed by atoms with Gasteiger partial charge in [0, 0.05) is 27.7 Å². The standard InChI is InChI=1S/C13H12N4S2/c1-18-9-3-4-10(12(7-9)19-2)11-8-17-6-5-14-16-13(17)15-11/h3-8H,1-2H3. The van der Waals surface area contributed by atoms with Gasteiger partial charge in [-0.05, 0) is 24.6 Å². The summed E-state index contributed by atoms with van der Waals surface area (Å²) >= 11 is 3.48. The number of hydrogen-bond donors (Lipinski definition) is 0. The summed E-state index contributed by atoms with van der Waals surface area (Å²) in [6, 6.07) is 6.43. The van der Waals surface area contributed by atoms with Crippen LogP contribution in [-0.2, 0) is 0 Å². The van der Waals surface area contributed by atoms with Crippen molar-refractivity contribution in [3.63, 3.8) is 0 Å². The maximum absolute atomic E-state index is 4.52. The molecule has 0 atom stereocenters. The number of nitrogens with zero attached hydrogens (tertiary/aromatic N) is 4. The molecule has 0 N–H and O–H groups in total. The lowest BCUT2D eigenvalue weighted by Crippen LogP contribution is -1.87. The summed E-state index contributed by atoms with van der Waals surface area (Å²) < 4.78 is 1.88. The predicted octanol–water partition coefficient (Wildman–Crippen LogP) is 3.24. The zero-order valence-corrected chi connectivity index (χ0v) is 12.2. The first-order valence-corrected chi connectivity index (χ1v) is 8.15. The molecule has 4 nitrogen and oxygen atoms in total. The molecule has 0 saturated carbocycles. The number of thioether (sulfide) groups is 2. The molecule has 0 aliphatic heterocycles. The number of rotatable bonds is 3. The van der Waals surface area contributed by atoms with E-state index in [1.807, 2.05) is 16.8 Å². The van der Waals surface area contributed by atoms with Crippen molar-refractivity contribution in [1.29, 1.82) is 0 Å². The predicted molar refractivity (Wildman–Crippen MR) is 79.8 cm³/mol. The molecule has 2 heterocycles. The van der Waals surface area contributed by atoms with Crippen LogP contribution in [0.3, 0.4) is 0 Å². The lowest BCUT2D eigenvalue weighted by molar-refractivity contribution is 0.966. The van der Waals surface area contributed by atoms with Crippen molar-refractivity contribution in [2.75, 3.05) is 12.5 Å². The van der Waals surface area contributed by atoms with Gasteiger partial charge >= 0.3 is 0 Å². The van der Waals surface area contributed by atoms with E-state index in [0.29, 0.717) is 5.78 Å². The minimum Gasteiger partial charge on any atom is -0.288 e. The Morgan fingerprint density at radius 3 is 2.79 bits per heavy atom. The molecule has 0 spiro atoms. The summed E-state index contributed by atoms with van der Waals surface area (Å²) in [4.78, 5) is 7.00. The van der Waals surface area contributed by atoms with E-state index in [1.165, 1.54) is 9.79 Å². The minimum atomic E-state index is 0.624. The summed E-state index contributed by atoms with van der Waals surface area (Å²) in [5.74, 6) is 0.624. The van der Waals surface area contributed by atoms with Gasteiger partial charge < -0.3 is 0 Å². The second-order valence-electron chi connectivity index (χ2n) is 3.91. The Morgan fingerprint density at radius 2 is 2.05 bits per heavy atom. The SMILES string of the molecule is CSc1ccc(-c2cn3ccnnc3n2)c(SC)c1. The fourth-order valence-corrected chi connectivity index (χ4v) is 3.05. The first-order chi connectivity index (χ1) is 9.31. The molecular weight excluding hydrogens is 276 g/mol. The minimum absolute atomic E-state index is 0.624. The van der Waals surface area contributed by atoms with Crippen molar-refractivity contribution in [1.82, 2.24) is 19.6 Å². The van der Waals surface area contributed by atoms with E-state index in [0.717, 1.165) is 11.3 Å². The summed E-state index contributed by atoms with van der Waals surface area (Å²) in [6.45, 7) is 0. The monoisotopic (exact) mass is 288 g/mol. The zero-order chi connectivity index (χ0) is 13.2. The molecule has 0 amide bonds. The molecule has 6 heteroatoms. The van der Waals surface area contributed by atoms with Crippen LogP contribution >= 0.6 is 23.5 Å². The maximum Gasteiger partial charge on any atom is 0.254 e. The normalized spacial score (nSPS) is 11.1. The molecule has 2 aromatic heterocycles. The van der Waals surface area contributed by atoms with Gasteiger partial charge in [-0.1, -0.05) is 6.07 Å². The molecular formula is C13H12N4S2. The summed E-state index contributed by atoms with van der Waals surface area (Å²) in [5.41, 5.74) is 2.06. The van der Waals surface area contributed by atoms with Crippen molar-refractivity contribution < 1.29 is 0 Å². The third kappa shape index (κ3) is 2.33. The van der Waals surface area contributed by atoms with Crippen LogP contribution in [0.1, 0.15) is 0 Å². The molecule has 3 aromatic rings. The van der Waals surface area contributed by atoms with Crippen LogP contribution in [0.25, 0.3) is 17.0 Å². The van der Waals surface area contributed by atoms with E-state index < -0.39 is 0 Å². The Bertz CT molecular complexity index is 690. The third-order valence-electron chi connectivity index (χ3n) is 2.84. The van der Waals surface area contributed by atoms with Gasteiger partial charge in [-0.2, -0.15) is 5.10 Å². The highest BCUT2D eigenvalue weighted by Crippen LogP contribution is 2.32. The molecule has 96 valence electrons. The summed E-state index contributed by atoms with van der Waals surface area (Å²) in [5, 5.41) is 7.86. The number of benzene rings is 1. The van der Waals surface area contributed by atoms with Gasteiger partial charge in [-0.15, -0.1) is 28.6 Å². The van der Waals surface area contributed by atoms with Gasteiger partial charge in [0.25, 0.3) is 5.78 Å². The van der Waals surface area contributed by atoms with Crippen LogP contribution in [0.4, 0.5) is 0 Å². The van der Waals surface area contributed by atoms with E-state index in [9.17, 15) is 0 Å². The van der Waals surface area contributed by atoms with Gasteiger partial charge in [0.15, 0.2) is 0 Å². The highest BCUT2D eigenvalue weighted by Gasteiger charge is 2.10. The van der Waals surface area contributed by atoms with E-state index >= 15 is 0 Å². The molecule has 0 fully saturated rings. The van der Waals surface area contributed by atoms with Gasteiger partial charge in [0.1, 0.15) is 0 Å². The van der Waals surface area contributed by atoms with E-state index in [1.54, 1.807) is 29.7 Å². The van der Waals surface area contributed by atoms with Crippen LogP contribution in [0.15, 0.2) is 46.6 Å². The van der Waals surface area contributed by atoms with Crippen molar-refractivity contribution in [2.45, 2.75) is 9.79 Å². The highest BCUT2D eigenvalue weighted by molar-refractivity contribution is 7.99. The molecule has 0 bridgehead atoms. The average Bonchev–Trinajstić information content (AvgIpc) is 2.90. The fraction of sp³-hybridized carbons (Fsp3) is 0.154. The molecule has 1 aromatic carbocycles. The van der Waals surface area contributed by atoms with Crippen LogP contribution in [0.2, 0.25) is 0 Å². The molecule has 0 saturated heterocycles. The molecule has 3 rings (SSSR count). The van der Waals surface area contributed by atoms with E-state index in [-0.39, 0.29) is 0 Å². The zero-order valence-electron chi connectivity index (χ0n) is 10.6. The number of fused-ring (bicyclic) bond motifs is 1. The summed E-state index contributed by atoms with van der Waals surface area (Å²) in [7, 11) is 0. The first-order valence-electron chi connectivity index (χ1n) is 5.70. The highest BCUT2D eigenvalue weighted by atomic mass is 32.2. The molecule has 0 aliphatic carbocycles. The molecule has 0 unspecified atom stereocenters. The smallest absolute Gasteiger partial charge is 0.254 e. The van der Waals surface area contributed by atoms with Crippen LogP contribution in [0, 0.1) is 0 Å². The Labute approximate surface area is 119 Å². The van der Waals surface area contributed by atoms with Crippen molar-refractivity contribution in [2.24, 2.45) is 0 Å². The van der Waals surface area contributed by atoms with Crippen molar-refractivity contribution in [3.8, 4) is 11.3 Å². The van der Waals surface area contributed by atoms with Crippen LogP contribution < -0.4 is 0 Å². The van der Waals surface area contributed by atoms with Gasteiger partial charge in [-0.3, -0.25) is 4.40 Å². The van der Waals surface area contributed by atoms with E-state index in [2.05, 4.69) is 45.9 Å². The molecule has 19 heavy (non-hydrogen) atoms. The maximum atomic E-state index is 4.52. The van der Waals surface area contributed by atoms with E-state index in [4.69, 9.17) is 0 Å². The first kappa shape index (κ1) is 12.5. The van der Waals surface area contributed by atoms with Crippen molar-refractivity contribution >= 4 is 29.3 Å². The van der Waals surface area contributed by atoms with Crippen molar-refractivity contribution in [3.05, 3.63) is 36.8 Å². The molecule has 0 radical (unpaired) electrons. The quantitative estimate of drug-likeness (QED) is 0.692. The molecule has 0 aliphatic rings.